The third-order valence-electron chi connectivity index (χ3n) is 3.14. The van der Waals surface area contributed by atoms with Gasteiger partial charge in [-0.2, -0.15) is 0 Å². The zero-order chi connectivity index (χ0) is 15.0. The number of hydrogen-bond acceptors (Lipinski definition) is 2. The zero-order valence-electron chi connectivity index (χ0n) is 13.6. The molecule has 1 rings (SSSR count). The highest BCUT2D eigenvalue weighted by Gasteiger charge is 2.27. The van der Waals surface area contributed by atoms with Gasteiger partial charge in [0.2, 0.25) is 9.04 Å². The van der Waals surface area contributed by atoms with Gasteiger partial charge in [-0.05, 0) is 45.7 Å². The highest BCUT2D eigenvalue weighted by Crippen LogP contribution is 2.25. The van der Waals surface area contributed by atoms with E-state index in [-0.39, 0.29) is 5.60 Å². The van der Waals surface area contributed by atoms with Crippen molar-refractivity contribution in [1.29, 1.82) is 0 Å². The molecular weight excluding hydrogens is 264 g/mol. The van der Waals surface area contributed by atoms with Crippen molar-refractivity contribution in [3.63, 3.8) is 0 Å². The van der Waals surface area contributed by atoms with E-state index in [9.17, 15) is 0 Å². The number of ether oxygens (including phenoxy) is 1. The zero-order valence-corrected chi connectivity index (χ0v) is 14.6. The Morgan fingerprint density at radius 1 is 1.15 bits per heavy atom. The van der Waals surface area contributed by atoms with Gasteiger partial charge in [0.25, 0.3) is 0 Å². The van der Waals surface area contributed by atoms with Crippen LogP contribution in [0.15, 0.2) is 30.3 Å². The van der Waals surface area contributed by atoms with Crippen molar-refractivity contribution >= 4 is 9.04 Å². The normalized spacial score (nSPS) is 13.7. The Bertz CT molecular complexity index is 359. The molecule has 20 heavy (non-hydrogen) atoms. The molecule has 0 fully saturated rings. The molecule has 2 nitrogen and oxygen atoms in total. The van der Waals surface area contributed by atoms with Crippen molar-refractivity contribution in [3.05, 3.63) is 35.9 Å². The molecule has 0 bridgehead atoms. The Labute approximate surface area is 126 Å². The van der Waals surface area contributed by atoms with Crippen LogP contribution in [0.2, 0.25) is 6.04 Å². The predicted octanol–water partition coefficient (Wildman–Crippen LogP) is 4.56. The molecule has 0 aliphatic rings. The topological polar surface area (TPSA) is 18.5 Å². The first-order chi connectivity index (χ1) is 9.44. The van der Waals surface area contributed by atoms with Crippen LogP contribution in [0.1, 0.15) is 52.1 Å². The average Bonchev–Trinajstić information content (AvgIpc) is 2.41. The Kier molecular flexibility index (Phi) is 7.49. The van der Waals surface area contributed by atoms with Crippen LogP contribution in [0, 0.1) is 0 Å². The first-order valence-electron chi connectivity index (χ1n) is 7.61. The molecule has 0 spiro atoms. The van der Waals surface area contributed by atoms with E-state index < -0.39 is 9.04 Å². The Hall–Kier alpha value is -0.643. The van der Waals surface area contributed by atoms with Gasteiger partial charge in [-0.3, -0.25) is 0 Å². The molecule has 0 aliphatic heterocycles. The number of hydrogen-bond donors (Lipinski definition) is 0. The van der Waals surface area contributed by atoms with Crippen LogP contribution >= 0.6 is 0 Å². The lowest BCUT2D eigenvalue weighted by Gasteiger charge is -2.30. The van der Waals surface area contributed by atoms with Gasteiger partial charge in [0.05, 0.1) is 0 Å². The summed E-state index contributed by atoms with van der Waals surface area (Å²) in [6.07, 6.45) is 1.09. The van der Waals surface area contributed by atoms with E-state index in [4.69, 9.17) is 9.16 Å². The van der Waals surface area contributed by atoms with E-state index in [1.807, 2.05) is 6.92 Å². The second-order valence-electron chi connectivity index (χ2n) is 6.11. The van der Waals surface area contributed by atoms with E-state index in [2.05, 4.69) is 58.0 Å². The summed E-state index contributed by atoms with van der Waals surface area (Å²) in [7, 11) is -0.893. The highest BCUT2D eigenvalue weighted by atomic mass is 28.3. The molecule has 1 aromatic carbocycles. The van der Waals surface area contributed by atoms with Gasteiger partial charge in [-0.25, -0.2) is 0 Å². The summed E-state index contributed by atoms with van der Waals surface area (Å²) >= 11 is 0. The Morgan fingerprint density at radius 3 is 2.35 bits per heavy atom. The molecule has 0 aliphatic carbocycles. The maximum atomic E-state index is 6.38. The number of rotatable bonds is 8. The van der Waals surface area contributed by atoms with Crippen molar-refractivity contribution in [2.45, 2.75) is 58.2 Å². The van der Waals surface area contributed by atoms with E-state index in [0.29, 0.717) is 5.54 Å². The predicted molar refractivity (Wildman–Crippen MR) is 87.4 cm³/mol. The molecule has 1 radical (unpaired) electrons. The van der Waals surface area contributed by atoms with Crippen LogP contribution in [0.25, 0.3) is 0 Å². The molecule has 0 aromatic heterocycles. The minimum Gasteiger partial charge on any atom is -0.411 e. The first-order valence-corrected chi connectivity index (χ1v) is 9.30. The van der Waals surface area contributed by atoms with Gasteiger partial charge in [-0.15, -0.1) is 0 Å². The lowest BCUT2D eigenvalue weighted by Crippen LogP contribution is -2.35. The van der Waals surface area contributed by atoms with Gasteiger partial charge in [-0.1, -0.05) is 37.3 Å². The molecule has 0 saturated carbocycles. The van der Waals surface area contributed by atoms with E-state index >= 15 is 0 Å². The average molecular weight is 294 g/mol. The second-order valence-corrected chi connectivity index (χ2v) is 8.62. The van der Waals surface area contributed by atoms with Crippen LogP contribution in [-0.4, -0.2) is 27.9 Å². The first kappa shape index (κ1) is 17.4. The molecule has 113 valence electrons. The van der Waals surface area contributed by atoms with Crippen molar-refractivity contribution < 1.29 is 9.16 Å². The fraction of sp³-hybridized carbons (Fsp3) is 0.647. The quantitative estimate of drug-likeness (QED) is 0.516. The van der Waals surface area contributed by atoms with Gasteiger partial charge >= 0.3 is 0 Å². The third-order valence-corrected chi connectivity index (χ3v) is 6.16. The molecule has 0 heterocycles. The minimum atomic E-state index is -0.893. The summed E-state index contributed by atoms with van der Waals surface area (Å²) in [5.74, 6) is 0. The van der Waals surface area contributed by atoms with E-state index in [0.717, 1.165) is 25.7 Å². The smallest absolute Gasteiger partial charge is 0.219 e. The monoisotopic (exact) mass is 293 g/mol. The Balaban J connectivity index is 2.66. The molecule has 1 aromatic rings. The third kappa shape index (κ3) is 6.68. The summed E-state index contributed by atoms with van der Waals surface area (Å²) in [4.78, 5) is 0. The fourth-order valence-corrected chi connectivity index (χ4v) is 4.73. The molecule has 0 unspecified atom stereocenters. The number of benzene rings is 1. The van der Waals surface area contributed by atoms with Gasteiger partial charge < -0.3 is 9.16 Å². The molecule has 0 saturated heterocycles. The molecule has 3 heteroatoms. The maximum Gasteiger partial charge on any atom is 0.219 e. The maximum absolute atomic E-state index is 6.38. The highest BCUT2D eigenvalue weighted by molar-refractivity contribution is 6.53. The standard InChI is InChI=1S/C17H29O2Si/c1-6-18-13-10-14-20(19-17(3,4)5)15(2)16-11-8-7-9-12-16/h7-9,11-12,15H,6,10,13-14H2,1-5H3/t15-/m0/s1. The molecule has 0 amide bonds. The van der Waals surface area contributed by atoms with E-state index in [1.165, 1.54) is 5.56 Å². The summed E-state index contributed by atoms with van der Waals surface area (Å²) in [5.41, 5.74) is 1.83. The molecule has 0 N–H and O–H groups in total. The van der Waals surface area contributed by atoms with Crippen molar-refractivity contribution in [3.8, 4) is 0 Å². The van der Waals surface area contributed by atoms with Crippen molar-refractivity contribution in [1.82, 2.24) is 0 Å². The summed E-state index contributed by atoms with van der Waals surface area (Å²) in [6, 6.07) is 11.9. The SMILES string of the molecule is CCOCCC[Si](OC(C)(C)C)[C@@H](C)c1ccccc1. The summed E-state index contributed by atoms with van der Waals surface area (Å²) in [5, 5.41) is 0. The van der Waals surface area contributed by atoms with Crippen LogP contribution in [-0.2, 0) is 9.16 Å². The van der Waals surface area contributed by atoms with E-state index in [1.54, 1.807) is 0 Å². The van der Waals surface area contributed by atoms with Crippen molar-refractivity contribution in [2.24, 2.45) is 0 Å². The van der Waals surface area contributed by atoms with Crippen molar-refractivity contribution in [2.75, 3.05) is 13.2 Å². The van der Waals surface area contributed by atoms with Gasteiger partial charge in [0.1, 0.15) is 0 Å². The summed E-state index contributed by atoms with van der Waals surface area (Å²) in [6.45, 7) is 12.4. The van der Waals surface area contributed by atoms with Gasteiger partial charge in [0, 0.05) is 24.4 Å². The molecular formula is C17H29O2Si. The van der Waals surface area contributed by atoms with Crippen LogP contribution < -0.4 is 0 Å². The lowest BCUT2D eigenvalue weighted by molar-refractivity contribution is 0.120. The minimum absolute atomic E-state index is 0.0665. The summed E-state index contributed by atoms with van der Waals surface area (Å²) < 4.78 is 11.8. The fourth-order valence-electron chi connectivity index (χ4n) is 2.17. The van der Waals surface area contributed by atoms with Gasteiger partial charge in [0.15, 0.2) is 0 Å². The van der Waals surface area contributed by atoms with Crippen LogP contribution in [0.5, 0.6) is 0 Å². The lowest BCUT2D eigenvalue weighted by atomic mass is 10.2. The molecule has 1 atom stereocenters. The Morgan fingerprint density at radius 2 is 1.80 bits per heavy atom. The van der Waals surface area contributed by atoms with Crippen LogP contribution in [0.3, 0.4) is 0 Å². The second kappa shape index (κ2) is 8.60. The largest absolute Gasteiger partial charge is 0.411 e. The van der Waals surface area contributed by atoms with Crippen LogP contribution in [0.4, 0.5) is 0 Å².